The molecule has 3 N–H and O–H groups in total. The van der Waals surface area contributed by atoms with E-state index in [1.54, 1.807) is 0 Å². The van der Waals surface area contributed by atoms with E-state index in [-0.39, 0.29) is 28.3 Å². The molecule has 0 saturated heterocycles. The first-order valence-electron chi connectivity index (χ1n) is 9.35. The van der Waals surface area contributed by atoms with Crippen LogP contribution in [0.3, 0.4) is 0 Å². The number of amides is 2. The number of carbonyl (C=O) groups excluding carboxylic acids is 2. The van der Waals surface area contributed by atoms with Crippen molar-refractivity contribution in [2.24, 2.45) is 0 Å². The lowest BCUT2D eigenvalue weighted by Crippen LogP contribution is -2.42. The van der Waals surface area contributed by atoms with Gasteiger partial charge >= 0.3 is 0 Å². The molecule has 0 spiro atoms. The van der Waals surface area contributed by atoms with Gasteiger partial charge in [0.05, 0.1) is 16.2 Å². The molecule has 2 amide bonds. The minimum absolute atomic E-state index is 0.0705. The molecule has 3 aromatic rings. The second kappa shape index (κ2) is 9.87. The van der Waals surface area contributed by atoms with Crippen LogP contribution in [0.15, 0.2) is 77.7 Å². The number of nitrogens with one attached hydrogen (secondary N) is 3. The number of halogens is 1. The van der Waals surface area contributed by atoms with Crippen LogP contribution in [-0.4, -0.2) is 25.2 Å². The van der Waals surface area contributed by atoms with Gasteiger partial charge in [-0.05, 0) is 48.0 Å². The van der Waals surface area contributed by atoms with E-state index in [9.17, 15) is 32.5 Å². The zero-order valence-electron chi connectivity index (χ0n) is 16.8. The molecule has 3 rings (SSSR count). The minimum atomic E-state index is -4.09. The third-order valence-electron chi connectivity index (χ3n) is 4.33. The fourth-order valence-corrected chi connectivity index (χ4v) is 3.80. The Kier molecular flexibility index (Phi) is 6.98. The SMILES string of the molecule is O=C(Cc1ccc(F)cc1)NNC(=O)c1ccc(NS(=O)(=O)c2cccc([N+](=O)[O-])c2)cc1. The van der Waals surface area contributed by atoms with Crippen LogP contribution in [0.25, 0.3) is 0 Å². The first kappa shape index (κ1) is 23.3. The first-order chi connectivity index (χ1) is 15.6. The summed E-state index contributed by atoms with van der Waals surface area (Å²) in [7, 11) is -4.09. The molecule has 0 aliphatic carbocycles. The Hall–Kier alpha value is -4.32. The fraction of sp³-hybridized carbons (Fsp3) is 0.0476. The molecule has 0 fully saturated rings. The Morgan fingerprint density at radius 2 is 1.61 bits per heavy atom. The molecule has 0 unspecified atom stereocenters. The van der Waals surface area contributed by atoms with Crippen LogP contribution >= 0.6 is 0 Å². The molecule has 0 aliphatic heterocycles. The van der Waals surface area contributed by atoms with Gasteiger partial charge < -0.3 is 0 Å². The summed E-state index contributed by atoms with van der Waals surface area (Å²) in [5.41, 5.74) is 4.91. The van der Waals surface area contributed by atoms with E-state index in [0.29, 0.717) is 5.56 Å². The molecule has 10 nitrogen and oxygen atoms in total. The molecule has 33 heavy (non-hydrogen) atoms. The number of hydrogen-bond donors (Lipinski definition) is 3. The summed E-state index contributed by atoms with van der Waals surface area (Å²) in [6, 6.07) is 15.2. The van der Waals surface area contributed by atoms with Gasteiger partial charge in [-0.25, -0.2) is 12.8 Å². The third kappa shape index (κ3) is 6.33. The van der Waals surface area contributed by atoms with Crippen LogP contribution in [0.2, 0.25) is 0 Å². The van der Waals surface area contributed by atoms with E-state index in [1.165, 1.54) is 66.7 Å². The third-order valence-corrected chi connectivity index (χ3v) is 5.71. The quantitative estimate of drug-likeness (QED) is 0.356. The summed E-state index contributed by atoms with van der Waals surface area (Å²) in [6.45, 7) is 0. The Bertz CT molecular complexity index is 1300. The molecule has 12 heteroatoms. The number of benzene rings is 3. The lowest BCUT2D eigenvalue weighted by Gasteiger charge is -2.10. The van der Waals surface area contributed by atoms with Gasteiger partial charge in [0.2, 0.25) is 5.91 Å². The van der Waals surface area contributed by atoms with E-state index in [2.05, 4.69) is 15.6 Å². The lowest BCUT2D eigenvalue weighted by atomic mass is 10.1. The largest absolute Gasteiger partial charge is 0.280 e. The number of nitrogens with zero attached hydrogens (tertiary/aromatic N) is 1. The molecule has 0 aliphatic rings. The van der Waals surface area contributed by atoms with Crippen molar-refractivity contribution in [3.63, 3.8) is 0 Å². The fourth-order valence-electron chi connectivity index (χ4n) is 2.70. The number of carbonyl (C=O) groups is 2. The smallest absolute Gasteiger partial charge is 0.270 e. The summed E-state index contributed by atoms with van der Waals surface area (Å²) in [5.74, 6) is -1.59. The second-order valence-corrected chi connectivity index (χ2v) is 8.43. The highest BCUT2D eigenvalue weighted by Crippen LogP contribution is 2.20. The van der Waals surface area contributed by atoms with Crippen LogP contribution in [0, 0.1) is 15.9 Å². The monoisotopic (exact) mass is 472 g/mol. The van der Waals surface area contributed by atoms with Crippen molar-refractivity contribution in [2.45, 2.75) is 11.3 Å². The first-order valence-corrected chi connectivity index (χ1v) is 10.8. The summed E-state index contributed by atoms with van der Waals surface area (Å²) in [5, 5.41) is 10.9. The van der Waals surface area contributed by atoms with E-state index in [1.807, 2.05) is 0 Å². The van der Waals surface area contributed by atoms with Crippen molar-refractivity contribution in [3.05, 3.63) is 99.9 Å². The molecule has 0 aromatic heterocycles. The van der Waals surface area contributed by atoms with E-state index < -0.39 is 32.6 Å². The maximum absolute atomic E-state index is 12.9. The van der Waals surface area contributed by atoms with Crippen molar-refractivity contribution >= 4 is 33.2 Å². The molecule has 0 atom stereocenters. The van der Waals surface area contributed by atoms with Gasteiger partial charge in [0.25, 0.3) is 21.6 Å². The minimum Gasteiger partial charge on any atom is -0.280 e. The van der Waals surface area contributed by atoms with Crippen molar-refractivity contribution < 1.29 is 27.3 Å². The Balaban J connectivity index is 1.58. The van der Waals surface area contributed by atoms with Crippen molar-refractivity contribution in [1.82, 2.24) is 10.9 Å². The zero-order chi connectivity index (χ0) is 24.0. The number of anilines is 1. The van der Waals surface area contributed by atoms with E-state index in [0.717, 1.165) is 6.07 Å². The van der Waals surface area contributed by atoms with Crippen LogP contribution in [0.5, 0.6) is 0 Å². The highest BCUT2D eigenvalue weighted by molar-refractivity contribution is 7.92. The molecule has 0 bridgehead atoms. The maximum Gasteiger partial charge on any atom is 0.270 e. The number of non-ortho nitro benzene ring substituents is 1. The molecule has 0 saturated carbocycles. The number of nitro groups is 1. The van der Waals surface area contributed by atoms with Gasteiger partial charge in [-0.2, -0.15) is 0 Å². The van der Waals surface area contributed by atoms with Gasteiger partial charge in [-0.3, -0.25) is 35.3 Å². The standard InChI is InChI=1S/C21H17FN4O6S/c22-16-8-4-14(5-9-16)12-20(27)23-24-21(28)15-6-10-17(11-7-15)25-33(31,32)19-3-1-2-18(13-19)26(29)30/h1-11,13,25H,12H2,(H,23,27)(H,24,28). The van der Waals surface area contributed by atoms with Gasteiger partial charge in [-0.1, -0.05) is 18.2 Å². The molecular weight excluding hydrogens is 455 g/mol. The predicted molar refractivity (Wildman–Crippen MR) is 116 cm³/mol. The number of hydrazine groups is 1. The highest BCUT2D eigenvalue weighted by Gasteiger charge is 2.18. The van der Waals surface area contributed by atoms with E-state index >= 15 is 0 Å². The molecule has 170 valence electrons. The Morgan fingerprint density at radius 3 is 2.24 bits per heavy atom. The summed E-state index contributed by atoms with van der Waals surface area (Å²) < 4.78 is 40.1. The topological polar surface area (TPSA) is 148 Å². The van der Waals surface area contributed by atoms with E-state index in [4.69, 9.17) is 0 Å². The number of hydrogen-bond acceptors (Lipinski definition) is 6. The number of nitro benzene ring substituents is 1. The van der Waals surface area contributed by atoms with Crippen LogP contribution in [-0.2, 0) is 21.2 Å². The van der Waals surface area contributed by atoms with Crippen molar-refractivity contribution in [1.29, 1.82) is 0 Å². The molecule has 0 radical (unpaired) electrons. The Labute approximate surface area is 187 Å². The number of sulfonamides is 1. The number of rotatable bonds is 7. The van der Waals surface area contributed by atoms with Crippen molar-refractivity contribution in [3.8, 4) is 0 Å². The summed E-state index contributed by atoms with van der Waals surface area (Å²) in [4.78, 5) is 34.0. The zero-order valence-corrected chi connectivity index (χ0v) is 17.6. The van der Waals surface area contributed by atoms with Gasteiger partial charge in [0, 0.05) is 23.4 Å². The normalized spacial score (nSPS) is 10.8. The average molecular weight is 472 g/mol. The van der Waals surface area contributed by atoms with Crippen LogP contribution in [0.4, 0.5) is 15.8 Å². The van der Waals surface area contributed by atoms with Gasteiger partial charge in [0.15, 0.2) is 0 Å². The molecule has 0 heterocycles. The maximum atomic E-state index is 12.9. The van der Waals surface area contributed by atoms with Gasteiger partial charge in [-0.15, -0.1) is 0 Å². The summed E-state index contributed by atoms with van der Waals surface area (Å²) >= 11 is 0. The van der Waals surface area contributed by atoms with Crippen LogP contribution in [0.1, 0.15) is 15.9 Å². The van der Waals surface area contributed by atoms with Crippen LogP contribution < -0.4 is 15.6 Å². The molecule has 3 aromatic carbocycles. The lowest BCUT2D eigenvalue weighted by molar-refractivity contribution is -0.385. The molecular formula is C21H17FN4O6S. The average Bonchev–Trinajstić information content (AvgIpc) is 2.79. The predicted octanol–water partition coefficient (Wildman–Crippen LogP) is 2.54. The Morgan fingerprint density at radius 1 is 0.939 bits per heavy atom. The van der Waals surface area contributed by atoms with Crippen molar-refractivity contribution in [2.75, 3.05) is 4.72 Å². The second-order valence-electron chi connectivity index (χ2n) is 6.74. The van der Waals surface area contributed by atoms with Gasteiger partial charge in [0.1, 0.15) is 5.82 Å². The summed E-state index contributed by atoms with van der Waals surface area (Å²) in [6.07, 6.45) is -0.0705. The highest BCUT2D eigenvalue weighted by atomic mass is 32.2.